The first-order valence-electron chi connectivity index (χ1n) is 8.37. The Hall–Kier alpha value is -2.22. The third-order valence-electron chi connectivity index (χ3n) is 4.86. The van der Waals surface area contributed by atoms with E-state index in [1.54, 1.807) is 0 Å². The molecule has 0 saturated carbocycles. The first kappa shape index (κ1) is 16.3. The van der Waals surface area contributed by atoms with Crippen molar-refractivity contribution in [3.8, 4) is 0 Å². The molecule has 0 aliphatic heterocycles. The number of aromatic nitrogens is 2. The van der Waals surface area contributed by atoms with Crippen LogP contribution < -0.4 is 0 Å². The van der Waals surface area contributed by atoms with Gasteiger partial charge in [-0.3, -0.25) is 4.98 Å². The summed E-state index contributed by atoms with van der Waals surface area (Å²) in [6, 6.07) is 24.7. The Morgan fingerprint density at radius 1 is 0.920 bits per heavy atom. The number of benzene rings is 3. The van der Waals surface area contributed by atoms with Crippen molar-refractivity contribution in [1.29, 1.82) is 0 Å². The van der Waals surface area contributed by atoms with Crippen LogP contribution in [0.2, 0.25) is 0 Å². The van der Waals surface area contributed by atoms with Gasteiger partial charge in [0.05, 0.1) is 16.7 Å². The van der Waals surface area contributed by atoms with Crippen LogP contribution in [0.5, 0.6) is 0 Å². The summed E-state index contributed by atoms with van der Waals surface area (Å²) in [5, 5.41) is 3.53. The van der Waals surface area contributed by atoms with E-state index in [0.717, 1.165) is 16.6 Å². The fourth-order valence-electron chi connectivity index (χ4n) is 3.61. The molecule has 3 aromatic carbocycles. The molecular weight excluding hydrogens is 484 g/mol. The van der Waals surface area contributed by atoms with Gasteiger partial charge in [0.25, 0.3) is 0 Å². The fourth-order valence-corrected chi connectivity index (χ4v) is 3.61. The molecular formula is C22H17IrN2-. The van der Waals surface area contributed by atoms with Crippen molar-refractivity contribution in [2.75, 3.05) is 0 Å². The van der Waals surface area contributed by atoms with Crippen LogP contribution in [0.25, 0.3) is 38.4 Å². The van der Waals surface area contributed by atoms with Gasteiger partial charge in [0.1, 0.15) is 0 Å². The molecule has 2 aromatic heterocycles. The SMILES string of the molecule is CC(C)c1ccc2nc3c4[c-]cccc4c4ccccc4n3c2c1.[Ir]. The smallest absolute Gasteiger partial charge is 0.0774 e. The van der Waals surface area contributed by atoms with Crippen LogP contribution in [0.15, 0.2) is 60.7 Å². The van der Waals surface area contributed by atoms with Crippen LogP contribution in [0, 0.1) is 6.07 Å². The normalized spacial score (nSPS) is 11.6. The Morgan fingerprint density at radius 2 is 1.72 bits per heavy atom. The summed E-state index contributed by atoms with van der Waals surface area (Å²) in [5.41, 5.74) is 5.73. The Labute approximate surface area is 159 Å². The van der Waals surface area contributed by atoms with Gasteiger partial charge in [0.15, 0.2) is 0 Å². The Balaban J connectivity index is 0.00000157. The Kier molecular flexibility index (Phi) is 3.86. The van der Waals surface area contributed by atoms with E-state index in [9.17, 15) is 0 Å². The molecule has 0 atom stereocenters. The van der Waals surface area contributed by atoms with E-state index in [-0.39, 0.29) is 20.1 Å². The van der Waals surface area contributed by atoms with Crippen molar-refractivity contribution in [2.45, 2.75) is 19.8 Å². The largest absolute Gasteiger partial charge is 0.333 e. The molecule has 0 bridgehead atoms. The van der Waals surface area contributed by atoms with Crippen molar-refractivity contribution in [3.63, 3.8) is 0 Å². The summed E-state index contributed by atoms with van der Waals surface area (Å²) >= 11 is 0. The summed E-state index contributed by atoms with van der Waals surface area (Å²) in [6.07, 6.45) is 0. The fraction of sp³-hybridized carbons (Fsp3) is 0.136. The summed E-state index contributed by atoms with van der Waals surface area (Å²) in [6.45, 7) is 4.46. The van der Waals surface area contributed by atoms with Gasteiger partial charge in [-0.1, -0.05) is 43.5 Å². The predicted octanol–water partition coefficient (Wildman–Crippen LogP) is 5.71. The monoisotopic (exact) mass is 502 g/mol. The quantitative estimate of drug-likeness (QED) is 0.212. The minimum absolute atomic E-state index is 0. The van der Waals surface area contributed by atoms with Gasteiger partial charge < -0.3 is 4.40 Å². The van der Waals surface area contributed by atoms with Crippen LogP contribution in [0.3, 0.4) is 0 Å². The minimum atomic E-state index is 0. The molecule has 0 fully saturated rings. The average molecular weight is 502 g/mol. The summed E-state index contributed by atoms with van der Waals surface area (Å²) in [7, 11) is 0. The molecule has 5 rings (SSSR count). The van der Waals surface area contributed by atoms with E-state index in [2.05, 4.69) is 72.8 Å². The first-order valence-corrected chi connectivity index (χ1v) is 8.37. The molecule has 0 unspecified atom stereocenters. The van der Waals surface area contributed by atoms with E-state index >= 15 is 0 Å². The molecule has 0 amide bonds. The summed E-state index contributed by atoms with van der Waals surface area (Å²) < 4.78 is 2.29. The second-order valence-corrected chi connectivity index (χ2v) is 6.65. The van der Waals surface area contributed by atoms with Gasteiger partial charge in [-0.2, -0.15) is 0 Å². The molecule has 1 radical (unpaired) electrons. The van der Waals surface area contributed by atoms with Gasteiger partial charge in [-0.15, -0.1) is 29.7 Å². The van der Waals surface area contributed by atoms with Crippen molar-refractivity contribution in [3.05, 3.63) is 72.3 Å². The third-order valence-corrected chi connectivity index (χ3v) is 4.86. The summed E-state index contributed by atoms with van der Waals surface area (Å²) in [4.78, 5) is 4.93. The topological polar surface area (TPSA) is 17.3 Å². The van der Waals surface area contributed by atoms with Crippen LogP contribution >= 0.6 is 0 Å². The summed E-state index contributed by atoms with van der Waals surface area (Å²) in [5.74, 6) is 0.498. The first-order chi connectivity index (χ1) is 11.7. The molecule has 125 valence electrons. The molecule has 0 aliphatic carbocycles. The van der Waals surface area contributed by atoms with Gasteiger partial charge in [0.2, 0.25) is 0 Å². The zero-order chi connectivity index (χ0) is 16.3. The number of imidazole rings is 1. The number of rotatable bonds is 1. The number of para-hydroxylation sites is 1. The van der Waals surface area contributed by atoms with Crippen LogP contribution in [0.1, 0.15) is 25.3 Å². The van der Waals surface area contributed by atoms with Crippen LogP contribution in [-0.2, 0) is 20.1 Å². The molecule has 3 heteroatoms. The molecule has 25 heavy (non-hydrogen) atoms. The number of hydrogen-bond acceptors (Lipinski definition) is 1. The molecule has 0 spiro atoms. The number of pyridine rings is 1. The van der Waals surface area contributed by atoms with Crippen LogP contribution in [0.4, 0.5) is 0 Å². The maximum Gasteiger partial charge on any atom is 0.0774 e. The van der Waals surface area contributed by atoms with E-state index < -0.39 is 0 Å². The van der Waals surface area contributed by atoms with E-state index in [1.807, 2.05) is 12.1 Å². The van der Waals surface area contributed by atoms with E-state index in [1.165, 1.54) is 27.4 Å². The number of nitrogens with zero attached hydrogens (tertiary/aromatic N) is 2. The second-order valence-electron chi connectivity index (χ2n) is 6.65. The van der Waals surface area contributed by atoms with E-state index in [4.69, 9.17) is 4.98 Å². The molecule has 2 heterocycles. The Bertz CT molecular complexity index is 1230. The van der Waals surface area contributed by atoms with Gasteiger partial charge >= 0.3 is 0 Å². The molecule has 2 nitrogen and oxygen atoms in total. The second kappa shape index (κ2) is 5.94. The van der Waals surface area contributed by atoms with Crippen molar-refractivity contribution >= 4 is 38.4 Å². The molecule has 0 saturated heterocycles. The van der Waals surface area contributed by atoms with Crippen molar-refractivity contribution in [2.24, 2.45) is 0 Å². The average Bonchev–Trinajstić information content (AvgIpc) is 3.01. The van der Waals surface area contributed by atoms with E-state index in [0.29, 0.717) is 5.92 Å². The maximum atomic E-state index is 4.93. The number of hydrogen-bond donors (Lipinski definition) is 0. The van der Waals surface area contributed by atoms with Gasteiger partial charge in [-0.25, -0.2) is 0 Å². The maximum absolute atomic E-state index is 4.93. The zero-order valence-corrected chi connectivity index (χ0v) is 16.5. The minimum Gasteiger partial charge on any atom is -0.333 e. The standard InChI is InChI=1S/C22H17N2.Ir/c1-14(2)15-11-12-19-21(13-15)24-20-10-6-5-8-17(20)16-7-3-4-9-18(16)22(24)23-19;/h3-8,10-14H,1-2H3;/q-1;. The van der Waals surface area contributed by atoms with Crippen molar-refractivity contribution < 1.29 is 20.1 Å². The molecule has 0 N–H and O–H groups in total. The number of fused-ring (bicyclic) bond motifs is 8. The molecule has 0 aliphatic rings. The van der Waals surface area contributed by atoms with Gasteiger partial charge in [-0.05, 0) is 35.1 Å². The Morgan fingerprint density at radius 3 is 2.56 bits per heavy atom. The van der Waals surface area contributed by atoms with Crippen LogP contribution in [-0.4, -0.2) is 9.38 Å². The van der Waals surface area contributed by atoms with Crippen molar-refractivity contribution in [1.82, 2.24) is 9.38 Å². The molecule has 5 aromatic rings. The zero-order valence-electron chi connectivity index (χ0n) is 14.1. The predicted molar refractivity (Wildman–Crippen MR) is 101 cm³/mol. The third kappa shape index (κ3) is 2.31. The van der Waals surface area contributed by atoms with Gasteiger partial charge in [0, 0.05) is 25.6 Å².